The summed E-state index contributed by atoms with van der Waals surface area (Å²) in [6.07, 6.45) is 0. The van der Waals surface area contributed by atoms with Crippen molar-refractivity contribution in [2.24, 2.45) is 14.1 Å². The first kappa shape index (κ1) is 17.5. The number of hydrogen-bond acceptors (Lipinski definition) is 4. The molecule has 1 aromatic heterocycles. The van der Waals surface area contributed by atoms with E-state index in [1.54, 1.807) is 19.0 Å². The average molecular weight is 407 g/mol. The quantitative estimate of drug-likeness (QED) is 0.672. The number of carbonyl (C=O) groups excluding carboxylic acids is 1. The van der Waals surface area contributed by atoms with Crippen LogP contribution in [0.3, 0.4) is 0 Å². The highest BCUT2D eigenvalue weighted by atomic mass is 79.9. The van der Waals surface area contributed by atoms with Gasteiger partial charge in [0, 0.05) is 32.5 Å². The van der Waals surface area contributed by atoms with Gasteiger partial charge >= 0.3 is 5.69 Å². The number of aryl methyl sites for hydroxylation is 1. The van der Waals surface area contributed by atoms with Crippen LogP contribution in [0.2, 0.25) is 0 Å². The lowest BCUT2D eigenvalue weighted by atomic mass is 10.0. The Hall–Kier alpha value is -2.35. The van der Waals surface area contributed by atoms with Gasteiger partial charge in [0.25, 0.3) is 5.56 Å². The maximum absolute atomic E-state index is 12.8. The molecule has 7 nitrogen and oxygen atoms in total. The van der Waals surface area contributed by atoms with Gasteiger partial charge in [-0.15, -0.1) is 0 Å². The molecule has 2 aromatic rings. The molecule has 1 aliphatic rings. The molecule has 132 valence electrons. The van der Waals surface area contributed by atoms with Gasteiger partial charge in [-0.25, -0.2) is 4.79 Å². The molecule has 0 radical (unpaired) electrons. The summed E-state index contributed by atoms with van der Waals surface area (Å²) in [5.74, 6) is 0.0984. The third kappa shape index (κ3) is 2.20. The molecule has 1 aliphatic heterocycles. The summed E-state index contributed by atoms with van der Waals surface area (Å²) in [6, 6.07) is 1.89. The number of amides is 1. The van der Waals surface area contributed by atoms with Gasteiger partial charge in [-0.2, -0.15) is 0 Å². The number of anilines is 4. The Morgan fingerprint density at radius 2 is 1.64 bits per heavy atom. The standard InChI is InChI=1S/C17H19BrN4O3/c1-8-7-11-13(12(18)9(8)2)19(4)15-14(22(11)10(3)23)16(24)21(6)17(25)20(15)5/h7H,1-6H3. The zero-order valence-electron chi connectivity index (χ0n) is 15.0. The van der Waals surface area contributed by atoms with E-state index >= 15 is 0 Å². The minimum atomic E-state index is -0.500. The van der Waals surface area contributed by atoms with Crippen molar-refractivity contribution in [3.63, 3.8) is 0 Å². The summed E-state index contributed by atoms with van der Waals surface area (Å²) in [7, 11) is 4.79. The summed E-state index contributed by atoms with van der Waals surface area (Å²) < 4.78 is 3.23. The van der Waals surface area contributed by atoms with Crippen LogP contribution in [0, 0.1) is 13.8 Å². The maximum Gasteiger partial charge on any atom is 0.332 e. The molecule has 0 spiro atoms. The Labute approximate surface area is 153 Å². The van der Waals surface area contributed by atoms with Gasteiger partial charge in [-0.1, -0.05) is 0 Å². The number of benzene rings is 1. The smallest absolute Gasteiger partial charge is 0.326 e. The zero-order chi connectivity index (χ0) is 18.8. The lowest BCUT2D eigenvalue weighted by Gasteiger charge is -2.38. The SMILES string of the molecule is CC(=O)N1c2cc(C)c(C)c(Br)c2N(C)c2c1c(=O)n(C)c(=O)n2C. The van der Waals surface area contributed by atoms with E-state index in [1.165, 1.54) is 23.4 Å². The monoisotopic (exact) mass is 406 g/mol. The number of hydrogen-bond donors (Lipinski definition) is 0. The molecule has 0 bridgehead atoms. The second-order valence-electron chi connectivity index (χ2n) is 6.29. The summed E-state index contributed by atoms with van der Waals surface area (Å²) in [6.45, 7) is 5.34. The Morgan fingerprint density at radius 1 is 1.04 bits per heavy atom. The van der Waals surface area contributed by atoms with Crippen LogP contribution >= 0.6 is 15.9 Å². The molecule has 3 rings (SSSR count). The number of fused-ring (bicyclic) bond motifs is 2. The first-order valence-corrected chi connectivity index (χ1v) is 8.53. The van der Waals surface area contributed by atoms with Crippen LogP contribution in [0.1, 0.15) is 18.1 Å². The molecule has 2 heterocycles. The van der Waals surface area contributed by atoms with Gasteiger partial charge in [0.2, 0.25) is 5.91 Å². The lowest BCUT2D eigenvalue weighted by molar-refractivity contribution is -0.115. The first-order valence-electron chi connectivity index (χ1n) is 7.73. The van der Waals surface area contributed by atoms with E-state index in [-0.39, 0.29) is 11.6 Å². The lowest BCUT2D eigenvalue weighted by Crippen LogP contribution is -2.45. The fourth-order valence-electron chi connectivity index (χ4n) is 3.28. The van der Waals surface area contributed by atoms with E-state index in [4.69, 9.17) is 0 Å². The zero-order valence-corrected chi connectivity index (χ0v) is 16.6. The molecule has 0 aliphatic carbocycles. The summed E-state index contributed by atoms with van der Waals surface area (Å²) in [4.78, 5) is 40.8. The van der Waals surface area contributed by atoms with Crippen molar-refractivity contribution in [1.82, 2.24) is 9.13 Å². The number of halogens is 1. The number of carbonyl (C=O) groups is 1. The van der Waals surface area contributed by atoms with Crippen molar-refractivity contribution in [2.45, 2.75) is 20.8 Å². The van der Waals surface area contributed by atoms with Crippen molar-refractivity contribution in [1.29, 1.82) is 0 Å². The van der Waals surface area contributed by atoms with E-state index in [0.29, 0.717) is 11.5 Å². The van der Waals surface area contributed by atoms with Crippen LogP contribution in [0.5, 0.6) is 0 Å². The van der Waals surface area contributed by atoms with Crippen molar-refractivity contribution >= 4 is 44.7 Å². The Morgan fingerprint density at radius 3 is 2.20 bits per heavy atom. The number of aromatic nitrogens is 2. The van der Waals surface area contributed by atoms with Crippen molar-refractivity contribution < 1.29 is 4.79 Å². The van der Waals surface area contributed by atoms with Crippen LogP contribution in [0.15, 0.2) is 20.1 Å². The van der Waals surface area contributed by atoms with Crippen LogP contribution < -0.4 is 21.0 Å². The van der Waals surface area contributed by atoms with Gasteiger partial charge < -0.3 is 4.90 Å². The second-order valence-corrected chi connectivity index (χ2v) is 7.08. The molecule has 0 N–H and O–H groups in total. The van der Waals surface area contributed by atoms with E-state index < -0.39 is 11.2 Å². The third-order valence-corrected chi connectivity index (χ3v) is 5.74. The second kappa shape index (κ2) is 5.59. The molecule has 8 heteroatoms. The highest BCUT2D eigenvalue weighted by molar-refractivity contribution is 9.10. The fraction of sp³-hybridized carbons (Fsp3) is 0.353. The van der Waals surface area contributed by atoms with Crippen LogP contribution in [-0.4, -0.2) is 22.1 Å². The van der Waals surface area contributed by atoms with Gasteiger partial charge in [-0.05, 0) is 47.0 Å². The van der Waals surface area contributed by atoms with Crippen molar-refractivity contribution in [3.05, 3.63) is 42.5 Å². The minimum Gasteiger partial charge on any atom is -0.326 e. The highest BCUT2D eigenvalue weighted by Gasteiger charge is 2.36. The minimum absolute atomic E-state index is 0.183. The third-order valence-electron chi connectivity index (χ3n) is 4.77. The topological polar surface area (TPSA) is 67.6 Å². The predicted octanol–water partition coefficient (Wildman–Crippen LogP) is 2.23. The molecule has 0 saturated carbocycles. The summed E-state index contributed by atoms with van der Waals surface area (Å²) in [5, 5.41) is 0. The van der Waals surface area contributed by atoms with E-state index in [0.717, 1.165) is 25.9 Å². The van der Waals surface area contributed by atoms with Gasteiger partial charge in [0.05, 0.1) is 11.4 Å². The molecule has 25 heavy (non-hydrogen) atoms. The molecular formula is C17H19BrN4O3. The van der Waals surface area contributed by atoms with E-state index in [9.17, 15) is 14.4 Å². The van der Waals surface area contributed by atoms with E-state index in [2.05, 4.69) is 15.9 Å². The maximum atomic E-state index is 12.8. The summed E-state index contributed by atoms with van der Waals surface area (Å²) >= 11 is 3.61. The Kier molecular flexibility index (Phi) is 3.90. The molecule has 0 saturated heterocycles. The molecule has 0 unspecified atom stereocenters. The van der Waals surface area contributed by atoms with Crippen LogP contribution in [0.25, 0.3) is 0 Å². The van der Waals surface area contributed by atoms with Crippen LogP contribution in [0.4, 0.5) is 22.9 Å². The number of rotatable bonds is 0. The van der Waals surface area contributed by atoms with Gasteiger partial charge in [0.1, 0.15) is 5.82 Å². The normalized spacial score (nSPS) is 12.9. The molecule has 1 aromatic carbocycles. The van der Waals surface area contributed by atoms with Crippen molar-refractivity contribution in [2.75, 3.05) is 16.8 Å². The average Bonchev–Trinajstić information content (AvgIpc) is 2.54. The molecule has 0 atom stereocenters. The first-order chi connectivity index (χ1) is 11.6. The fourth-order valence-corrected chi connectivity index (χ4v) is 4.06. The Bertz CT molecular complexity index is 1050. The molecule has 0 fully saturated rings. The van der Waals surface area contributed by atoms with Crippen LogP contribution in [-0.2, 0) is 18.9 Å². The van der Waals surface area contributed by atoms with Crippen molar-refractivity contribution in [3.8, 4) is 0 Å². The van der Waals surface area contributed by atoms with E-state index in [1.807, 2.05) is 19.9 Å². The number of nitrogens with zero attached hydrogens (tertiary/aromatic N) is 4. The Balaban J connectivity index is 2.56. The largest absolute Gasteiger partial charge is 0.332 e. The predicted molar refractivity (Wildman–Crippen MR) is 101 cm³/mol. The molecular weight excluding hydrogens is 388 g/mol. The highest BCUT2D eigenvalue weighted by Crippen LogP contribution is 2.49. The van der Waals surface area contributed by atoms with Gasteiger partial charge in [-0.3, -0.25) is 23.6 Å². The summed E-state index contributed by atoms with van der Waals surface area (Å²) in [5.41, 5.74) is 2.63. The molecule has 1 amide bonds. The van der Waals surface area contributed by atoms with Gasteiger partial charge in [0.15, 0.2) is 5.69 Å².